The summed E-state index contributed by atoms with van der Waals surface area (Å²) in [5, 5.41) is 23.4. The molecule has 0 spiro atoms. The lowest BCUT2D eigenvalue weighted by Crippen LogP contribution is -2.45. The molecule has 1 amide bonds. The van der Waals surface area contributed by atoms with Crippen molar-refractivity contribution in [3.8, 4) is 0 Å². The van der Waals surface area contributed by atoms with Crippen molar-refractivity contribution in [3.63, 3.8) is 0 Å². The summed E-state index contributed by atoms with van der Waals surface area (Å²) in [6, 6.07) is -0.625. The fourth-order valence-corrected chi connectivity index (χ4v) is 14.6. The highest BCUT2D eigenvalue weighted by Crippen LogP contribution is 2.21. The third-order valence-electron chi connectivity index (χ3n) is 21.4. The predicted molar refractivity (Wildman–Crippen MR) is 435 cm³/mol. The van der Waals surface area contributed by atoms with E-state index in [9.17, 15) is 19.8 Å². The summed E-state index contributed by atoms with van der Waals surface area (Å²) in [5.74, 6) is -0.0388. The number of aliphatic hydroxyl groups excluding tert-OH is 2. The Kier molecular flexibility index (Phi) is 85.8. The minimum atomic E-state index is -0.842. The molecule has 6 nitrogen and oxygen atoms in total. The van der Waals surface area contributed by atoms with Gasteiger partial charge in [0.15, 0.2) is 0 Å². The number of rotatable bonds is 86. The second-order valence-electron chi connectivity index (χ2n) is 31.3. The van der Waals surface area contributed by atoms with Crippen LogP contribution in [-0.2, 0) is 14.3 Å². The number of carbonyl (C=O) groups excluding carboxylic acids is 2. The van der Waals surface area contributed by atoms with Gasteiger partial charge in [-0.1, -0.05) is 474 Å². The van der Waals surface area contributed by atoms with Crippen molar-refractivity contribution in [2.75, 3.05) is 13.2 Å². The monoisotopic (exact) mass is 1380 g/mol. The van der Waals surface area contributed by atoms with Crippen LogP contribution in [0.1, 0.15) is 515 Å². The van der Waals surface area contributed by atoms with Gasteiger partial charge in [-0.25, -0.2) is 0 Å². The SMILES string of the molecule is CCCCC/C=C\C/C=C\CCCCCCCCCC(=O)OCCCCCCCCCCCCCCCCCCCCCCCCCCCCCCCCCCCCCCCCCC(=O)NC(CO)C(O)/C=C/CCCCCCCCCCCCCCCCCCCCCCCCC. The highest BCUT2D eigenvalue weighted by Gasteiger charge is 2.18. The lowest BCUT2D eigenvalue weighted by Gasteiger charge is -2.20. The van der Waals surface area contributed by atoms with Gasteiger partial charge in [-0.05, 0) is 64.2 Å². The maximum Gasteiger partial charge on any atom is 0.305 e. The normalized spacial score (nSPS) is 12.6. The van der Waals surface area contributed by atoms with Gasteiger partial charge in [-0.3, -0.25) is 9.59 Å². The molecule has 0 saturated heterocycles. The molecule has 0 aromatic rings. The highest BCUT2D eigenvalue weighted by atomic mass is 16.5. The molecular weight excluding hydrogens is 1200 g/mol. The lowest BCUT2D eigenvalue weighted by molar-refractivity contribution is -0.143. The Hall–Kier alpha value is -1.92. The molecule has 2 unspecified atom stereocenters. The number of ether oxygens (including phenoxy) is 1. The van der Waals surface area contributed by atoms with E-state index in [1.165, 1.54) is 437 Å². The third-order valence-corrected chi connectivity index (χ3v) is 21.4. The highest BCUT2D eigenvalue weighted by molar-refractivity contribution is 5.76. The quantitative estimate of drug-likeness (QED) is 0.0320. The van der Waals surface area contributed by atoms with E-state index in [1.54, 1.807) is 6.08 Å². The van der Waals surface area contributed by atoms with Crippen molar-refractivity contribution < 1.29 is 24.5 Å². The van der Waals surface area contributed by atoms with E-state index in [0.717, 1.165) is 51.4 Å². The van der Waals surface area contributed by atoms with Crippen LogP contribution >= 0.6 is 0 Å². The molecular formula is C92H177NO5. The van der Waals surface area contributed by atoms with E-state index in [4.69, 9.17) is 4.74 Å². The fraction of sp³-hybridized carbons (Fsp3) is 0.913. The minimum absolute atomic E-state index is 0.0171. The van der Waals surface area contributed by atoms with E-state index in [1.807, 2.05) is 6.08 Å². The largest absolute Gasteiger partial charge is 0.466 e. The zero-order chi connectivity index (χ0) is 70.5. The van der Waals surface area contributed by atoms with Crippen LogP contribution in [-0.4, -0.2) is 47.4 Å². The van der Waals surface area contributed by atoms with E-state index in [2.05, 4.69) is 43.5 Å². The summed E-state index contributed by atoms with van der Waals surface area (Å²) in [4.78, 5) is 24.7. The molecule has 6 heteroatoms. The first kappa shape index (κ1) is 96.1. The first-order valence-corrected chi connectivity index (χ1v) is 45.3. The summed E-state index contributed by atoms with van der Waals surface area (Å²) in [6.45, 7) is 4.94. The molecule has 0 radical (unpaired) electrons. The summed E-state index contributed by atoms with van der Waals surface area (Å²) in [7, 11) is 0. The summed E-state index contributed by atoms with van der Waals surface area (Å²) < 4.78 is 5.51. The Morgan fingerprint density at radius 1 is 0.286 bits per heavy atom. The first-order chi connectivity index (χ1) is 48.5. The van der Waals surface area contributed by atoms with Gasteiger partial charge in [0, 0.05) is 12.8 Å². The number of carbonyl (C=O) groups is 2. The number of unbranched alkanes of at least 4 members (excludes halogenated alkanes) is 71. The van der Waals surface area contributed by atoms with E-state index in [-0.39, 0.29) is 18.5 Å². The van der Waals surface area contributed by atoms with Crippen molar-refractivity contribution in [1.29, 1.82) is 0 Å². The summed E-state index contributed by atoms with van der Waals surface area (Å²) in [5.41, 5.74) is 0. The molecule has 98 heavy (non-hydrogen) atoms. The van der Waals surface area contributed by atoms with Crippen molar-refractivity contribution in [1.82, 2.24) is 5.32 Å². The lowest BCUT2D eigenvalue weighted by atomic mass is 10.0. The predicted octanol–water partition coefficient (Wildman–Crippen LogP) is 30.5. The van der Waals surface area contributed by atoms with Gasteiger partial charge in [-0.15, -0.1) is 0 Å². The molecule has 3 N–H and O–H groups in total. The van der Waals surface area contributed by atoms with Gasteiger partial charge in [0.1, 0.15) is 0 Å². The third kappa shape index (κ3) is 83.0. The Morgan fingerprint density at radius 3 is 0.796 bits per heavy atom. The Labute approximate surface area is 614 Å². The van der Waals surface area contributed by atoms with Crippen molar-refractivity contribution in [2.45, 2.75) is 527 Å². The smallest absolute Gasteiger partial charge is 0.305 e. The van der Waals surface area contributed by atoms with Crippen LogP contribution in [0.3, 0.4) is 0 Å². The first-order valence-electron chi connectivity index (χ1n) is 45.3. The summed E-state index contributed by atoms with van der Waals surface area (Å²) in [6.07, 6.45) is 116. The second kappa shape index (κ2) is 87.5. The molecule has 0 rings (SSSR count). The van der Waals surface area contributed by atoms with Crippen molar-refractivity contribution >= 4 is 11.9 Å². The molecule has 580 valence electrons. The van der Waals surface area contributed by atoms with Gasteiger partial charge in [0.25, 0.3) is 0 Å². The molecule has 0 aromatic heterocycles. The molecule has 0 aromatic carbocycles. The number of nitrogens with one attached hydrogen (secondary N) is 1. The number of allylic oxidation sites excluding steroid dienone is 5. The minimum Gasteiger partial charge on any atom is -0.466 e. The van der Waals surface area contributed by atoms with Crippen LogP contribution in [0.2, 0.25) is 0 Å². The van der Waals surface area contributed by atoms with Gasteiger partial charge < -0.3 is 20.3 Å². The molecule has 0 bridgehead atoms. The average molecular weight is 1380 g/mol. The molecule has 0 heterocycles. The Balaban J connectivity index is 3.32. The molecule has 2 atom stereocenters. The maximum absolute atomic E-state index is 12.6. The number of hydrogen-bond donors (Lipinski definition) is 3. The topological polar surface area (TPSA) is 95.9 Å². The Morgan fingerprint density at radius 2 is 0.510 bits per heavy atom. The summed E-state index contributed by atoms with van der Waals surface area (Å²) >= 11 is 0. The van der Waals surface area contributed by atoms with Gasteiger partial charge in [-0.2, -0.15) is 0 Å². The van der Waals surface area contributed by atoms with E-state index in [0.29, 0.717) is 19.4 Å². The van der Waals surface area contributed by atoms with Crippen LogP contribution in [0.25, 0.3) is 0 Å². The number of aliphatic hydroxyl groups is 2. The molecule has 0 aliphatic carbocycles. The van der Waals surface area contributed by atoms with Crippen LogP contribution in [0.15, 0.2) is 36.5 Å². The van der Waals surface area contributed by atoms with Gasteiger partial charge >= 0.3 is 5.97 Å². The zero-order valence-electron chi connectivity index (χ0n) is 66.8. The second-order valence-corrected chi connectivity index (χ2v) is 31.3. The fourth-order valence-electron chi connectivity index (χ4n) is 14.6. The number of hydrogen-bond acceptors (Lipinski definition) is 5. The standard InChI is InChI=1S/C92H177NO5/c1-3-5-7-9-11-13-15-17-19-21-22-23-24-40-43-46-49-53-56-60-64-68-72-76-80-84-90(95)89(88-94)93-91(96)85-81-77-73-69-65-61-57-54-50-47-44-41-38-36-34-32-30-28-26-25-27-29-31-33-35-37-39-42-45-48-51-55-59-63-67-71-75-79-83-87-98-92(97)86-82-78-74-70-66-62-58-52-20-18-16-14-12-10-8-6-4-2/h12,14,18,20,80,84,89-90,94-95H,3-11,13,15-17,19,21-79,81-83,85-88H2,1-2H3,(H,93,96)/b14-12-,20-18-,84-80+. The van der Waals surface area contributed by atoms with Crippen LogP contribution < -0.4 is 5.32 Å². The molecule has 0 fully saturated rings. The van der Waals surface area contributed by atoms with Crippen molar-refractivity contribution in [3.05, 3.63) is 36.5 Å². The molecule has 0 aliphatic heterocycles. The molecule has 0 aliphatic rings. The maximum atomic E-state index is 12.6. The number of amides is 1. The zero-order valence-corrected chi connectivity index (χ0v) is 66.8. The van der Waals surface area contributed by atoms with E-state index >= 15 is 0 Å². The molecule has 0 saturated carbocycles. The average Bonchev–Trinajstić information content (AvgIpc) is 1.73. The Bertz CT molecular complexity index is 1590. The van der Waals surface area contributed by atoms with Crippen LogP contribution in [0.4, 0.5) is 0 Å². The van der Waals surface area contributed by atoms with Crippen LogP contribution in [0.5, 0.6) is 0 Å². The van der Waals surface area contributed by atoms with Crippen LogP contribution in [0, 0.1) is 0 Å². The van der Waals surface area contributed by atoms with Crippen molar-refractivity contribution in [2.24, 2.45) is 0 Å². The van der Waals surface area contributed by atoms with Gasteiger partial charge in [0.2, 0.25) is 5.91 Å². The van der Waals surface area contributed by atoms with Gasteiger partial charge in [0.05, 0.1) is 25.4 Å². The van der Waals surface area contributed by atoms with E-state index < -0.39 is 12.1 Å². The number of esters is 1.